The van der Waals surface area contributed by atoms with Crippen LogP contribution in [0.2, 0.25) is 0 Å². The highest BCUT2D eigenvalue weighted by atomic mass is 16.6. The summed E-state index contributed by atoms with van der Waals surface area (Å²) in [5.41, 5.74) is -1.46. The van der Waals surface area contributed by atoms with Crippen molar-refractivity contribution in [2.45, 2.75) is 129 Å². The number of hydrogen-bond acceptors (Lipinski definition) is 8. The Labute approximate surface area is 255 Å². The quantitative estimate of drug-likeness (QED) is 0.288. The summed E-state index contributed by atoms with van der Waals surface area (Å²) < 4.78 is 11.6. The second kappa shape index (κ2) is 13.6. The summed E-state index contributed by atoms with van der Waals surface area (Å²) in [5, 5.41) is 14.5. The third-order valence-electron chi connectivity index (χ3n) is 11.3. The fourth-order valence-corrected chi connectivity index (χ4v) is 8.99. The standard InChI is InChI=1S/C34H51NO8/c1-5-7-9-28(39)35-18-15-29(40)42-21-27(38)34(43-30(41)10-8-6-2)17-14-25-24-12-11-22-19-23(36)13-16-32(22,3)31(24)26(37)20-33(25,34)4/h19,24-26,31,37H,5-18,20-21H2,1-4H3,(H,35,39). The van der Waals surface area contributed by atoms with Gasteiger partial charge in [-0.3, -0.25) is 24.0 Å². The Morgan fingerprint density at radius 3 is 2.42 bits per heavy atom. The molecular weight excluding hydrogens is 550 g/mol. The topological polar surface area (TPSA) is 136 Å². The van der Waals surface area contributed by atoms with Gasteiger partial charge in [0, 0.05) is 31.2 Å². The van der Waals surface area contributed by atoms with Gasteiger partial charge in [-0.05, 0) is 80.6 Å². The number of ketones is 2. The van der Waals surface area contributed by atoms with Gasteiger partial charge in [0.15, 0.2) is 18.0 Å². The van der Waals surface area contributed by atoms with E-state index in [9.17, 15) is 29.1 Å². The number of carbonyl (C=O) groups excluding carboxylic acids is 5. The number of allylic oxidation sites excluding steroid dienone is 1. The molecule has 2 N–H and O–H groups in total. The molecule has 0 bridgehead atoms. The van der Waals surface area contributed by atoms with Crippen molar-refractivity contribution < 1.29 is 38.6 Å². The van der Waals surface area contributed by atoms with Crippen LogP contribution in [-0.2, 0) is 33.4 Å². The van der Waals surface area contributed by atoms with E-state index in [4.69, 9.17) is 9.47 Å². The van der Waals surface area contributed by atoms with Gasteiger partial charge in [-0.15, -0.1) is 0 Å². The molecule has 1 amide bonds. The number of fused-ring (bicyclic) bond motifs is 5. The molecule has 0 heterocycles. The van der Waals surface area contributed by atoms with E-state index in [0.29, 0.717) is 44.9 Å². The summed E-state index contributed by atoms with van der Waals surface area (Å²) in [6.07, 6.45) is 8.79. The van der Waals surface area contributed by atoms with Crippen molar-refractivity contribution >= 4 is 29.4 Å². The number of esters is 2. The molecule has 0 aromatic rings. The Kier molecular flexibility index (Phi) is 10.6. The molecule has 0 aromatic carbocycles. The molecule has 3 fully saturated rings. The second-order valence-electron chi connectivity index (χ2n) is 13.8. The number of aliphatic hydroxyl groups excluding tert-OH is 1. The van der Waals surface area contributed by atoms with E-state index in [1.807, 2.05) is 20.8 Å². The van der Waals surface area contributed by atoms with Crippen molar-refractivity contribution in [3.8, 4) is 0 Å². The molecule has 43 heavy (non-hydrogen) atoms. The van der Waals surface area contributed by atoms with Crippen molar-refractivity contribution in [2.24, 2.45) is 28.6 Å². The van der Waals surface area contributed by atoms with Gasteiger partial charge in [0.25, 0.3) is 0 Å². The molecule has 0 aliphatic heterocycles. The van der Waals surface area contributed by atoms with E-state index >= 15 is 0 Å². The highest BCUT2D eigenvalue weighted by Crippen LogP contribution is 2.68. The largest absolute Gasteiger partial charge is 0.457 e. The predicted octanol–water partition coefficient (Wildman–Crippen LogP) is 4.77. The minimum atomic E-state index is -1.50. The van der Waals surface area contributed by atoms with E-state index in [1.165, 1.54) is 0 Å². The Balaban J connectivity index is 1.52. The van der Waals surface area contributed by atoms with Crippen LogP contribution in [0.3, 0.4) is 0 Å². The van der Waals surface area contributed by atoms with Crippen LogP contribution in [0.5, 0.6) is 0 Å². The third kappa shape index (κ3) is 6.47. The molecule has 9 heteroatoms. The molecule has 0 saturated heterocycles. The lowest BCUT2D eigenvalue weighted by Gasteiger charge is -2.60. The van der Waals surface area contributed by atoms with Crippen LogP contribution >= 0.6 is 0 Å². The summed E-state index contributed by atoms with van der Waals surface area (Å²) in [6, 6.07) is 0. The Hall–Kier alpha value is -2.55. The predicted molar refractivity (Wildman–Crippen MR) is 160 cm³/mol. The zero-order valence-electron chi connectivity index (χ0n) is 26.5. The van der Waals surface area contributed by atoms with Crippen molar-refractivity contribution in [1.82, 2.24) is 5.32 Å². The monoisotopic (exact) mass is 601 g/mol. The summed E-state index contributed by atoms with van der Waals surface area (Å²) >= 11 is 0. The van der Waals surface area contributed by atoms with Crippen molar-refractivity contribution in [2.75, 3.05) is 13.2 Å². The molecule has 0 radical (unpaired) electrons. The number of carbonyl (C=O) groups is 5. The zero-order chi connectivity index (χ0) is 31.4. The highest BCUT2D eigenvalue weighted by Gasteiger charge is 2.70. The Bertz CT molecular complexity index is 1130. The first kappa shape index (κ1) is 33.3. The van der Waals surface area contributed by atoms with Crippen molar-refractivity contribution in [3.63, 3.8) is 0 Å². The van der Waals surface area contributed by atoms with Crippen LogP contribution < -0.4 is 5.32 Å². The molecule has 4 rings (SSSR count). The number of ether oxygens (including phenoxy) is 2. The lowest BCUT2D eigenvalue weighted by Crippen LogP contribution is -2.63. The third-order valence-corrected chi connectivity index (χ3v) is 11.3. The van der Waals surface area contributed by atoms with Crippen LogP contribution in [0.15, 0.2) is 11.6 Å². The summed E-state index contributed by atoms with van der Waals surface area (Å²) in [7, 11) is 0. The van der Waals surface area contributed by atoms with E-state index < -0.39 is 41.4 Å². The smallest absolute Gasteiger partial charge is 0.308 e. The molecule has 3 saturated carbocycles. The maximum absolute atomic E-state index is 14.1. The number of aliphatic hydroxyl groups is 1. The maximum Gasteiger partial charge on any atom is 0.308 e. The van der Waals surface area contributed by atoms with E-state index in [0.717, 1.165) is 37.7 Å². The number of unbranched alkanes of at least 4 members (excludes halogenated alkanes) is 2. The summed E-state index contributed by atoms with van der Waals surface area (Å²) in [6.45, 7) is 7.73. The Morgan fingerprint density at radius 2 is 1.70 bits per heavy atom. The van der Waals surface area contributed by atoms with Crippen molar-refractivity contribution in [3.05, 3.63) is 11.6 Å². The first-order valence-electron chi connectivity index (χ1n) is 16.5. The average Bonchev–Trinajstić information content (AvgIpc) is 3.25. The molecule has 4 aliphatic carbocycles. The summed E-state index contributed by atoms with van der Waals surface area (Å²) in [5.74, 6) is -1.35. The molecular formula is C34H51NO8. The fraction of sp³-hybridized carbons (Fsp3) is 0.794. The molecule has 0 aromatic heterocycles. The van der Waals surface area contributed by atoms with Gasteiger partial charge >= 0.3 is 11.9 Å². The SMILES string of the molecule is CCCCC(=O)NCCC(=O)OCC(=O)C1(OC(=O)CCCC)CCC2C3CCC4=CC(=O)CCC4(C)C3C(O)CC21C. The van der Waals surface area contributed by atoms with Crippen LogP contribution in [0.4, 0.5) is 0 Å². The number of rotatable bonds is 13. The first-order chi connectivity index (χ1) is 20.4. The van der Waals surface area contributed by atoms with Crippen LogP contribution in [0.25, 0.3) is 0 Å². The molecule has 240 valence electrons. The Morgan fingerprint density at radius 1 is 0.977 bits per heavy atom. The van der Waals surface area contributed by atoms with Crippen LogP contribution in [0, 0.1) is 28.6 Å². The first-order valence-corrected chi connectivity index (χ1v) is 16.5. The maximum atomic E-state index is 14.1. The lowest BCUT2D eigenvalue weighted by atomic mass is 9.45. The van der Waals surface area contributed by atoms with Gasteiger partial charge in [-0.2, -0.15) is 0 Å². The molecule has 7 unspecified atom stereocenters. The fourth-order valence-electron chi connectivity index (χ4n) is 8.99. The van der Waals surface area contributed by atoms with Crippen molar-refractivity contribution in [1.29, 1.82) is 0 Å². The minimum absolute atomic E-state index is 0.0360. The van der Waals surface area contributed by atoms with Gasteiger partial charge < -0.3 is 19.9 Å². The average molecular weight is 602 g/mol. The normalized spacial score (nSPS) is 34.7. The number of amides is 1. The zero-order valence-corrected chi connectivity index (χ0v) is 26.5. The second-order valence-corrected chi connectivity index (χ2v) is 13.8. The summed E-state index contributed by atoms with van der Waals surface area (Å²) in [4.78, 5) is 63.8. The van der Waals surface area contributed by atoms with Gasteiger partial charge in [-0.1, -0.05) is 46.1 Å². The van der Waals surface area contributed by atoms with E-state index in [-0.39, 0.29) is 54.2 Å². The van der Waals surface area contributed by atoms with Gasteiger partial charge in [0.05, 0.1) is 12.5 Å². The minimum Gasteiger partial charge on any atom is -0.457 e. The number of hydrogen-bond donors (Lipinski definition) is 2. The number of nitrogens with one attached hydrogen (secondary N) is 1. The lowest BCUT2D eigenvalue weighted by molar-refractivity contribution is -0.203. The molecule has 7 atom stereocenters. The highest BCUT2D eigenvalue weighted by molar-refractivity contribution is 5.93. The molecule has 4 aliphatic rings. The van der Waals surface area contributed by atoms with E-state index in [1.54, 1.807) is 6.08 Å². The molecule has 0 spiro atoms. The molecule has 9 nitrogen and oxygen atoms in total. The van der Waals surface area contributed by atoms with Crippen LogP contribution in [-0.4, -0.2) is 59.4 Å². The van der Waals surface area contributed by atoms with E-state index in [2.05, 4.69) is 12.2 Å². The van der Waals surface area contributed by atoms with Gasteiger partial charge in [0.1, 0.15) is 0 Å². The van der Waals surface area contributed by atoms with Gasteiger partial charge in [-0.25, -0.2) is 0 Å². The van der Waals surface area contributed by atoms with Gasteiger partial charge in [0.2, 0.25) is 11.7 Å². The number of Topliss-reactive ketones (excluding diaryl/α,β-unsaturated/α-hetero) is 1. The van der Waals surface area contributed by atoms with Crippen LogP contribution in [0.1, 0.15) is 118 Å².